The molecule has 5 aliphatic rings. The van der Waals surface area contributed by atoms with Crippen molar-refractivity contribution < 1.29 is 15.3 Å². The Morgan fingerprint density at radius 2 is 1.75 bits per heavy atom. The van der Waals surface area contributed by atoms with Crippen LogP contribution in [0.5, 0.6) is 0 Å². The number of piperidine rings is 1. The number of likely N-dealkylation sites (tertiary alicyclic amines) is 1. The zero-order valence-corrected chi connectivity index (χ0v) is 21.0. The van der Waals surface area contributed by atoms with Gasteiger partial charge >= 0.3 is 0 Å². The second kappa shape index (κ2) is 8.36. The maximum Gasteiger partial charge on any atom is 0.0701 e. The summed E-state index contributed by atoms with van der Waals surface area (Å²) in [5.74, 6) is 3.80. The van der Waals surface area contributed by atoms with E-state index >= 15 is 0 Å². The maximum absolute atomic E-state index is 11.1. The Morgan fingerprint density at radius 1 is 1.00 bits per heavy atom. The molecule has 4 aliphatic carbocycles. The lowest BCUT2D eigenvalue weighted by atomic mass is 9.51. The Labute approximate surface area is 195 Å². The van der Waals surface area contributed by atoms with Gasteiger partial charge in [0.05, 0.1) is 18.3 Å². The van der Waals surface area contributed by atoms with Crippen LogP contribution in [0.25, 0.3) is 0 Å². The van der Waals surface area contributed by atoms with Gasteiger partial charge in [-0.3, -0.25) is 0 Å². The molecule has 4 heteroatoms. The lowest BCUT2D eigenvalue weighted by molar-refractivity contribution is -0.129. The number of fused-ring (bicyclic) bond motifs is 5. The lowest BCUT2D eigenvalue weighted by Crippen LogP contribution is -2.54. The Kier molecular flexibility index (Phi) is 6.09. The minimum absolute atomic E-state index is 0.170. The van der Waals surface area contributed by atoms with E-state index in [4.69, 9.17) is 0 Å². The topological polar surface area (TPSA) is 63.9 Å². The second-order valence-electron chi connectivity index (χ2n) is 13.0. The summed E-state index contributed by atoms with van der Waals surface area (Å²) in [5.41, 5.74) is 3.50. The Balaban J connectivity index is 1.41. The van der Waals surface area contributed by atoms with Gasteiger partial charge in [-0.15, -0.1) is 0 Å². The Morgan fingerprint density at radius 3 is 2.47 bits per heavy atom. The molecule has 0 radical (unpaired) electrons. The monoisotopic (exact) mass is 445 g/mol. The average Bonchev–Trinajstić information content (AvgIpc) is 3.09. The van der Waals surface area contributed by atoms with Crippen LogP contribution in [-0.4, -0.2) is 58.2 Å². The highest BCUT2D eigenvalue weighted by Crippen LogP contribution is 2.65. The summed E-state index contributed by atoms with van der Waals surface area (Å²) >= 11 is 0. The molecule has 1 saturated heterocycles. The fourth-order valence-corrected chi connectivity index (χ4v) is 9.81. The SMILES string of the molecule is CC1=C2C[C@H]3[C@@H](C[C@@H](O)[C@H]4C[C@@H](O)CC[C@@]43C)[C@@H]2CC[C@@H]1[C@H](C)[C@H]1[C@H](O)C[C@@H](C)CN1C. The first-order valence-corrected chi connectivity index (χ1v) is 13.6. The lowest BCUT2D eigenvalue weighted by Gasteiger charge is -2.55. The molecular formula is C28H47NO3. The number of aliphatic hydroxyl groups is 3. The second-order valence-corrected chi connectivity index (χ2v) is 13.0. The van der Waals surface area contributed by atoms with E-state index in [-0.39, 0.29) is 35.7 Å². The molecule has 0 aromatic rings. The smallest absolute Gasteiger partial charge is 0.0701 e. The van der Waals surface area contributed by atoms with E-state index in [1.165, 1.54) is 19.3 Å². The van der Waals surface area contributed by atoms with E-state index in [0.717, 1.165) is 38.6 Å². The Hall–Kier alpha value is -0.420. The molecule has 3 N–H and O–H groups in total. The minimum Gasteiger partial charge on any atom is -0.393 e. The van der Waals surface area contributed by atoms with E-state index in [0.29, 0.717) is 35.5 Å². The van der Waals surface area contributed by atoms with Crippen molar-refractivity contribution in [2.24, 2.45) is 46.8 Å². The van der Waals surface area contributed by atoms with Crippen molar-refractivity contribution in [2.45, 2.75) is 103 Å². The van der Waals surface area contributed by atoms with Crippen molar-refractivity contribution in [3.8, 4) is 0 Å². The zero-order chi connectivity index (χ0) is 22.9. The van der Waals surface area contributed by atoms with E-state index in [1.54, 1.807) is 11.1 Å². The van der Waals surface area contributed by atoms with Crippen LogP contribution in [0, 0.1) is 46.8 Å². The van der Waals surface area contributed by atoms with Crippen LogP contribution in [-0.2, 0) is 0 Å². The third-order valence-electron chi connectivity index (χ3n) is 11.3. The van der Waals surface area contributed by atoms with Crippen molar-refractivity contribution >= 4 is 0 Å². The van der Waals surface area contributed by atoms with E-state index in [2.05, 4.69) is 39.6 Å². The number of aliphatic hydroxyl groups excluding tert-OH is 3. The first-order valence-electron chi connectivity index (χ1n) is 13.6. The molecular weight excluding hydrogens is 398 g/mol. The molecule has 5 rings (SSSR count). The summed E-state index contributed by atoms with van der Waals surface area (Å²) in [5, 5.41) is 32.4. The molecule has 12 atom stereocenters. The van der Waals surface area contributed by atoms with E-state index in [9.17, 15) is 15.3 Å². The number of hydrogen-bond donors (Lipinski definition) is 3. The van der Waals surface area contributed by atoms with Gasteiger partial charge < -0.3 is 20.2 Å². The van der Waals surface area contributed by atoms with Crippen molar-refractivity contribution in [3.63, 3.8) is 0 Å². The summed E-state index contributed by atoms with van der Waals surface area (Å²) in [7, 11) is 2.21. The van der Waals surface area contributed by atoms with Crippen LogP contribution in [0.15, 0.2) is 11.1 Å². The molecule has 1 aliphatic heterocycles. The van der Waals surface area contributed by atoms with Crippen LogP contribution in [0.3, 0.4) is 0 Å². The highest BCUT2D eigenvalue weighted by atomic mass is 16.3. The van der Waals surface area contributed by atoms with Crippen LogP contribution < -0.4 is 0 Å². The van der Waals surface area contributed by atoms with Gasteiger partial charge in [0.25, 0.3) is 0 Å². The zero-order valence-electron chi connectivity index (χ0n) is 21.0. The average molecular weight is 446 g/mol. The number of hydrogen-bond acceptors (Lipinski definition) is 4. The predicted molar refractivity (Wildman–Crippen MR) is 128 cm³/mol. The molecule has 3 saturated carbocycles. The van der Waals surface area contributed by atoms with Gasteiger partial charge in [0.15, 0.2) is 0 Å². The van der Waals surface area contributed by atoms with Crippen molar-refractivity contribution in [1.82, 2.24) is 4.90 Å². The third-order valence-corrected chi connectivity index (χ3v) is 11.3. The number of likely N-dealkylation sites (N-methyl/N-ethyl adjacent to an activating group) is 1. The van der Waals surface area contributed by atoms with Crippen LogP contribution in [0.4, 0.5) is 0 Å². The molecule has 0 unspecified atom stereocenters. The molecule has 4 nitrogen and oxygen atoms in total. The normalized spacial score (nSPS) is 52.9. The van der Waals surface area contributed by atoms with Gasteiger partial charge in [-0.1, -0.05) is 31.9 Å². The molecule has 4 fully saturated rings. The summed E-state index contributed by atoms with van der Waals surface area (Å²) in [6.07, 6.45) is 7.60. The molecule has 32 heavy (non-hydrogen) atoms. The summed E-state index contributed by atoms with van der Waals surface area (Å²) in [6, 6.07) is 0.260. The van der Waals surface area contributed by atoms with Gasteiger partial charge in [-0.05, 0) is 112 Å². The first-order chi connectivity index (χ1) is 15.1. The van der Waals surface area contributed by atoms with Gasteiger partial charge in [0.2, 0.25) is 0 Å². The first kappa shape index (κ1) is 23.3. The number of nitrogens with zero attached hydrogens (tertiary/aromatic N) is 1. The van der Waals surface area contributed by atoms with Gasteiger partial charge in [-0.25, -0.2) is 0 Å². The largest absolute Gasteiger partial charge is 0.393 e. The van der Waals surface area contributed by atoms with Crippen LogP contribution in [0.2, 0.25) is 0 Å². The van der Waals surface area contributed by atoms with Gasteiger partial charge in [-0.2, -0.15) is 0 Å². The highest BCUT2D eigenvalue weighted by Gasteiger charge is 2.59. The quantitative estimate of drug-likeness (QED) is 0.557. The van der Waals surface area contributed by atoms with Gasteiger partial charge in [0, 0.05) is 12.6 Å². The number of rotatable bonds is 2. The predicted octanol–water partition coefficient (Wildman–Crippen LogP) is 4.23. The molecule has 0 aromatic carbocycles. The fraction of sp³-hybridized carbons (Fsp3) is 0.929. The maximum atomic E-state index is 11.1. The molecule has 1 heterocycles. The molecule has 0 spiro atoms. The minimum atomic E-state index is -0.250. The van der Waals surface area contributed by atoms with Crippen molar-refractivity contribution in [3.05, 3.63) is 11.1 Å². The standard InChI is InChI=1S/C28H47NO3/c1-15-10-26(32)27(29(5)14-15)17(3)19-6-7-20-21(16(19)2)12-23-22(20)13-25(31)24-11-18(30)8-9-28(23,24)4/h15,17-20,22-27,30-32H,6-14H2,1-5H3/t15-,17+,18+,19+,20-,22+,23+,24-,25-,26-,27+,28-/m1/s1. The highest BCUT2D eigenvalue weighted by molar-refractivity contribution is 5.30. The molecule has 182 valence electrons. The van der Waals surface area contributed by atoms with Gasteiger partial charge in [0.1, 0.15) is 0 Å². The number of allylic oxidation sites excluding steroid dienone is 2. The summed E-state index contributed by atoms with van der Waals surface area (Å²) in [6.45, 7) is 10.6. The van der Waals surface area contributed by atoms with Crippen LogP contribution >= 0.6 is 0 Å². The van der Waals surface area contributed by atoms with Crippen molar-refractivity contribution in [1.29, 1.82) is 0 Å². The fourth-order valence-electron chi connectivity index (χ4n) is 9.81. The molecule has 0 aromatic heterocycles. The van der Waals surface area contributed by atoms with Crippen molar-refractivity contribution in [2.75, 3.05) is 13.6 Å². The van der Waals surface area contributed by atoms with Crippen LogP contribution in [0.1, 0.15) is 79.1 Å². The molecule has 0 amide bonds. The van der Waals surface area contributed by atoms with E-state index in [1.807, 2.05) is 0 Å². The molecule has 0 bridgehead atoms. The van der Waals surface area contributed by atoms with E-state index < -0.39 is 0 Å². The third kappa shape index (κ3) is 3.54. The Bertz CT molecular complexity index is 739. The summed E-state index contributed by atoms with van der Waals surface area (Å²) < 4.78 is 0. The summed E-state index contributed by atoms with van der Waals surface area (Å²) in [4.78, 5) is 2.43.